The molecule has 11 heteroatoms. The average Bonchev–Trinajstić information content (AvgIpc) is 2.86. The fourth-order valence-electron chi connectivity index (χ4n) is 1.57. The Labute approximate surface area is 120 Å². The first-order valence-electron chi connectivity index (χ1n) is 5.29. The van der Waals surface area contributed by atoms with E-state index in [-0.39, 0.29) is 34.6 Å². The molecule has 1 fully saturated rings. The number of carbonyl (C=O) groups excluding carboxylic acids is 1. The third-order valence-corrected chi connectivity index (χ3v) is 3.75. The predicted molar refractivity (Wildman–Crippen MR) is 75.3 cm³/mol. The average molecular weight is 328 g/mol. The van der Waals surface area contributed by atoms with E-state index >= 15 is 0 Å². The summed E-state index contributed by atoms with van der Waals surface area (Å²) in [5.74, 6) is -0.172. The first-order valence-corrected chi connectivity index (χ1v) is 8.00. The minimum Gasteiger partial charge on any atom is -0.306 e. The van der Waals surface area contributed by atoms with Gasteiger partial charge in [-0.3, -0.25) is 14.8 Å². The molecule has 0 saturated carbocycles. The molecule has 0 aromatic carbocycles. The van der Waals surface area contributed by atoms with Crippen LogP contribution in [0, 0.1) is 0 Å². The van der Waals surface area contributed by atoms with Gasteiger partial charge >= 0.3 is 0 Å². The van der Waals surface area contributed by atoms with E-state index < -0.39 is 10.0 Å². The standard InChI is InChI=1S/C8H13N5O3S2.ClH/c1-18(15,16)13-8-12-11-7(17-8)10-6(14)5-3-2-4-9-5;/h5,9H,2-4H2,1H3,(H,12,13)(H,10,11,14);1H. The molecule has 1 saturated heterocycles. The van der Waals surface area contributed by atoms with Crippen molar-refractivity contribution in [3.05, 3.63) is 0 Å². The van der Waals surface area contributed by atoms with Crippen LogP contribution in [-0.2, 0) is 14.8 Å². The van der Waals surface area contributed by atoms with Gasteiger partial charge in [-0.15, -0.1) is 22.6 Å². The predicted octanol–water partition coefficient (Wildman–Crippen LogP) is 0.0219. The van der Waals surface area contributed by atoms with E-state index in [1.165, 1.54) is 0 Å². The number of anilines is 2. The lowest BCUT2D eigenvalue weighted by atomic mass is 10.2. The largest absolute Gasteiger partial charge is 0.306 e. The van der Waals surface area contributed by atoms with Crippen LogP contribution in [0.15, 0.2) is 0 Å². The fraction of sp³-hybridized carbons (Fsp3) is 0.625. The maximum absolute atomic E-state index is 11.7. The lowest BCUT2D eigenvalue weighted by Crippen LogP contribution is -2.35. The zero-order valence-corrected chi connectivity index (χ0v) is 12.5. The molecule has 2 heterocycles. The Morgan fingerprint density at radius 2 is 2.11 bits per heavy atom. The molecule has 0 spiro atoms. The maximum Gasteiger partial charge on any atom is 0.243 e. The number of rotatable bonds is 4. The molecule has 108 valence electrons. The van der Waals surface area contributed by atoms with E-state index in [1.807, 2.05) is 0 Å². The zero-order valence-electron chi connectivity index (χ0n) is 10.0. The molecule has 0 bridgehead atoms. The summed E-state index contributed by atoms with van der Waals surface area (Å²) in [6, 6.07) is -0.208. The van der Waals surface area contributed by atoms with Crippen LogP contribution in [0.3, 0.4) is 0 Å². The lowest BCUT2D eigenvalue weighted by molar-refractivity contribution is -0.117. The minimum atomic E-state index is -3.38. The number of sulfonamides is 1. The van der Waals surface area contributed by atoms with Gasteiger partial charge in [0.2, 0.25) is 26.2 Å². The normalized spacial score (nSPS) is 18.7. The molecule has 2 rings (SSSR count). The fourth-order valence-corrected chi connectivity index (χ4v) is 3.05. The molecule has 1 aromatic heterocycles. The van der Waals surface area contributed by atoms with Crippen molar-refractivity contribution in [1.82, 2.24) is 15.5 Å². The number of halogens is 1. The van der Waals surface area contributed by atoms with Crippen molar-refractivity contribution in [3.8, 4) is 0 Å². The molecule has 1 aliphatic heterocycles. The highest BCUT2D eigenvalue weighted by Gasteiger charge is 2.23. The van der Waals surface area contributed by atoms with Crippen LogP contribution in [0.1, 0.15) is 12.8 Å². The molecule has 0 radical (unpaired) electrons. The van der Waals surface area contributed by atoms with Gasteiger partial charge in [0, 0.05) is 0 Å². The van der Waals surface area contributed by atoms with Crippen LogP contribution in [0.2, 0.25) is 0 Å². The summed E-state index contributed by atoms with van der Waals surface area (Å²) in [5, 5.41) is 13.4. The van der Waals surface area contributed by atoms with Crippen molar-refractivity contribution >= 4 is 49.9 Å². The Hall–Kier alpha value is -0.970. The summed E-state index contributed by atoms with van der Waals surface area (Å²) in [7, 11) is -3.38. The van der Waals surface area contributed by atoms with Gasteiger partial charge in [0.25, 0.3) is 0 Å². The number of aromatic nitrogens is 2. The maximum atomic E-state index is 11.7. The van der Waals surface area contributed by atoms with Gasteiger partial charge in [-0.2, -0.15) is 0 Å². The number of nitrogens with one attached hydrogen (secondary N) is 3. The topological polar surface area (TPSA) is 113 Å². The van der Waals surface area contributed by atoms with Gasteiger partial charge in [-0.05, 0) is 19.4 Å². The van der Waals surface area contributed by atoms with Crippen LogP contribution in [0.4, 0.5) is 10.3 Å². The van der Waals surface area contributed by atoms with Gasteiger partial charge in [-0.1, -0.05) is 11.3 Å². The molecular formula is C8H14ClN5O3S2. The lowest BCUT2D eigenvalue weighted by Gasteiger charge is -2.07. The molecule has 1 amide bonds. The van der Waals surface area contributed by atoms with Crippen molar-refractivity contribution in [2.45, 2.75) is 18.9 Å². The molecular weight excluding hydrogens is 314 g/mol. The summed E-state index contributed by atoms with van der Waals surface area (Å²) in [6.45, 7) is 0.828. The highest BCUT2D eigenvalue weighted by molar-refractivity contribution is 7.92. The summed E-state index contributed by atoms with van der Waals surface area (Å²) in [5.41, 5.74) is 0. The second kappa shape index (κ2) is 6.46. The van der Waals surface area contributed by atoms with Gasteiger partial charge in [0.15, 0.2) is 0 Å². The van der Waals surface area contributed by atoms with Gasteiger partial charge in [0.05, 0.1) is 12.3 Å². The van der Waals surface area contributed by atoms with E-state index in [2.05, 4.69) is 25.6 Å². The number of amides is 1. The third-order valence-electron chi connectivity index (χ3n) is 2.30. The van der Waals surface area contributed by atoms with E-state index in [4.69, 9.17) is 0 Å². The van der Waals surface area contributed by atoms with Crippen LogP contribution in [-0.4, -0.2) is 43.4 Å². The van der Waals surface area contributed by atoms with Crippen LogP contribution < -0.4 is 15.4 Å². The van der Waals surface area contributed by atoms with Crippen molar-refractivity contribution in [3.63, 3.8) is 0 Å². The Bertz CT molecular complexity index is 540. The van der Waals surface area contributed by atoms with Crippen LogP contribution >= 0.6 is 23.7 Å². The van der Waals surface area contributed by atoms with Gasteiger partial charge in [0.1, 0.15) is 0 Å². The summed E-state index contributed by atoms with van der Waals surface area (Å²) >= 11 is 0.975. The highest BCUT2D eigenvalue weighted by Crippen LogP contribution is 2.21. The van der Waals surface area contributed by atoms with Gasteiger partial charge < -0.3 is 5.32 Å². The summed E-state index contributed by atoms with van der Waals surface area (Å²) < 4.78 is 24.1. The van der Waals surface area contributed by atoms with Crippen LogP contribution in [0.25, 0.3) is 0 Å². The highest BCUT2D eigenvalue weighted by atomic mass is 35.5. The van der Waals surface area contributed by atoms with E-state index in [0.29, 0.717) is 0 Å². The SMILES string of the molecule is CS(=O)(=O)Nc1nnc(NC(=O)C2CCCN2)s1.Cl. The Balaban J connectivity index is 0.00000180. The number of nitrogens with zero attached hydrogens (tertiary/aromatic N) is 2. The molecule has 0 aliphatic carbocycles. The minimum absolute atomic E-state index is 0. The first-order chi connectivity index (χ1) is 8.44. The van der Waals surface area contributed by atoms with Crippen LogP contribution in [0.5, 0.6) is 0 Å². The van der Waals surface area contributed by atoms with Crippen molar-refractivity contribution < 1.29 is 13.2 Å². The molecule has 1 aromatic rings. The Morgan fingerprint density at radius 1 is 1.42 bits per heavy atom. The van der Waals surface area contributed by atoms with Crippen molar-refractivity contribution in [2.75, 3.05) is 22.8 Å². The second-order valence-corrected chi connectivity index (χ2v) is 6.65. The molecule has 19 heavy (non-hydrogen) atoms. The number of hydrogen-bond acceptors (Lipinski definition) is 7. The third kappa shape index (κ3) is 4.90. The molecule has 1 aliphatic rings. The number of carbonyl (C=O) groups is 1. The Kier molecular flexibility index (Phi) is 5.47. The van der Waals surface area contributed by atoms with Crippen molar-refractivity contribution in [1.29, 1.82) is 0 Å². The quantitative estimate of drug-likeness (QED) is 0.718. The van der Waals surface area contributed by atoms with Gasteiger partial charge in [-0.25, -0.2) is 8.42 Å². The summed E-state index contributed by atoms with van der Waals surface area (Å²) in [6.07, 6.45) is 2.78. The van der Waals surface area contributed by atoms with E-state index in [9.17, 15) is 13.2 Å². The molecule has 8 nitrogen and oxygen atoms in total. The second-order valence-electron chi connectivity index (χ2n) is 3.92. The van der Waals surface area contributed by atoms with Crippen molar-refractivity contribution in [2.24, 2.45) is 0 Å². The summed E-state index contributed by atoms with van der Waals surface area (Å²) in [4.78, 5) is 11.7. The van der Waals surface area contributed by atoms with E-state index in [1.54, 1.807) is 0 Å². The monoisotopic (exact) mass is 327 g/mol. The van der Waals surface area contributed by atoms with E-state index in [0.717, 1.165) is 37.0 Å². The molecule has 1 unspecified atom stereocenters. The zero-order chi connectivity index (χ0) is 13.2. The molecule has 3 N–H and O–H groups in total. The first kappa shape index (κ1) is 16.1. The Morgan fingerprint density at radius 3 is 2.68 bits per heavy atom. The number of hydrogen-bond donors (Lipinski definition) is 3. The smallest absolute Gasteiger partial charge is 0.243 e. The molecule has 1 atom stereocenters.